The molecule has 0 spiro atoms. The van der Waals surface area contributed by atoms with Gasteiger partial charge in [-0.05, 0) is 20.8 Å². The Bertz CT molecular complexity index is 52.0. The maximum atomic E-state index is 4.64. The molecule has 0 rings (SSSR count). The molecule has 0 saturated carbocycles. The van der Waals surface area contributed by atoms with Crippen LogP contribution < -0.4 is 0 Å². The van der Waals surface area contributed by atoms with Gasteiger partial charge >= 0.3 is 0 Å². The van der Waals surface area contributed by atoms with Gasteiger partial charge in [-0.1, -0.05) is 0 Å². The summed E-state index contributed by atoms with van der Waals surface area (Å²) in [5, 5.41) is 0. The molecule has 0 aliphatic carbocycles. The molecule has 0 bridgehead atoms. The zero-order valence-electron chi connectivity index (χ0n) is 7.95. The molecule has 0 heterocycles. The molecule has 2 heteroatoms. The van der Waals surface area contributed by atoms with E-state index in [1.807, 2.05) is 0 Å². The summed E-state index contributed by atoms with van der Waals surface area (Å²) in [6.07, 6.45) is 1.47. The second kappa shape index (κ2) is 7.36. The van der Waals surface area contributed by atoms with Crippen LogP contribution in [-0.2, 0) is 0 Å². The first-order valence-corrected chi connectivity index (χ1v) is 4.65. The van der Waals surface area contributed by atoms with Crippen molar-refractivity contribution < 1.29 is 4.48 Å². The lowest BCUT2D eigenvalue weighted by Gasteiger charge is -2.30. The molecule has 0 aromatic rings. The molecule has 0 atom stereocenters. The highest BCUT2D eigenvalue weighted by Crippen LogP contribution is 1.97. The van der Waals surface area contributed by atoms with E-state index in [1.54, 1.807) is 0 Å². The molecule has 0 aromatic heterocycles. The molecule has 0 aliphatic rings. The number of halogens is 1. The van der Waals surface area contributed by atoms with E-state index in [0.717, 1.165) is 0 Å². The Kier molecular flexibility index (Phi) is 9.48. The van der Waals surface area contributed by atoms with Crippen molar-refractivity contribution in [2.24, 2.45) is 0 Å². The van der Waals surface area contributed by atoms with Gasteiger partial charge in [0.05, 0.1) is 26.7 Å². The van der Waals surface area contributed by atoms with E-state index < -0.39 is 0 Å². The van der Waals surface area contributed by atoms with Crippen molar-refractivity contribution in [2.45, 2.75) is 20.8 Å². The molecule has 0 N–H and O–H groups in total. The van der Waals surface area contributed by atoms with Crippen molar-refractivity contribution in [2.75, 3.05) is 33.1 Å². The first-order valence-electron chi connectivity index (χ1n) is 3.90. The molecule has 64 valence electrons. The number of nitrogens with zero attached hydrogens (tertiary/aromatic N) is 1. The molecule has 0 radical (unpaired) electrons. The molecule has 0 fully saturated rings. The second-order valence-electron chi connectivity index (χ2n) is 2.57. The van der Waals surface area contributed by atoms with Crippen LogP contribution in [0.2, 0.25) is 0 Å². The van der Waals surface area contributed by atoms with Crippen LogP contribution in [0.15, 0.2) is 0 Å². The zero-order valence-corrected chi connectivity index (χ0v) is 8.70. The lowest BCUT2D eigenvalue weighted by molar-refractivity contribution is -0.904. The molecule has 10 heavy (non-hydrogen) atoms. The molecular formula is C8H21ClN+. The zero-order chi connectivity index (χ0) is 8.62. The monoisotopic (exact) mass is 166 g/mol. The highest BCUT2D eigenvalue weighted by Gasteiger charge is 2.10. The van der Waals surface area contributed by atoms with E-state index in [-0.39, 0.29) is 0 Å². The van der Waals surface area contributed by atoms with Gasteiger partial charge in [0.15, 0.2) is 0 Å². The van der Waals surface area contributed by atoms with Crippen molar-refractivity contribution in [1.82, 2.24) is 0 Å². The van der Waals surface area contributed by atoms with E-state index in [4.69, 9.17) is 0 Å². The molecule has 0 amide bonds. The Labute approximate surface area is 70.6 Å². The average molecular weight is 167 g/mol. The first kappa shape index (κ1) is 12.9. The predicted octanol–water partition coefficient (Wildman–Crippen LogP) is 2.35. The van der Waals surface area contributed by atoms with E-state index >= 15 is 0 Å². The van der Waals surface area contributed by atoms with Gasteiger partial charge in [-0.3, -0.25) is 0 Å². The third-order valence-electron chi connectivity index (χ3n) is 2.29. The topological polar surface area (TPSA) is 0 Å². The van der Waals surface area contributed by atoms with Crippen LogP contribution in [0.4, 0.5) is 0 Å². The quantitative estimate of drug-likeness (QED) is 0.446. The number of quaternary nitrogens is 1. The minimum absolute atomic E-state index is 1.21. The highest BCUT2D eigenvalue weighted by molar-refractivity contribution is 6.15. The van der Waals surface area contributed by atoms with Gasteiger partial charge in [-0.15, -0.1) is 11.6 Å². The maximum Gasteiger partial charge on any atom is 0.0755 e. The number of hydrogen-bond donors (Lipinski definition) is 0. The van der Waals surface area contributed by atoms with Crippen LogP contribution in [0.1, 0.15) is 20.8 Å². The largest absolute Gasteiger partial charge is 0.327 e. The van der Waals surface area contributed by atoms with Gasteiger partial charge in [0.25, 0.3) is 0 Å². The fourth-order valence-corrected chi connectivity index (χ4v) is 0.671. The smallest absolute Gasteiger partial charge is 0.0755 e. The van der Waals surface area contributed by atoms with Crippen molar-refractivity contribution >= 4 is 11.6 Å². The highest BCUT2D eigenvalue weighted by atomic mass is 35.5. The summed E-state index contributed by atoms with van der Waals surface area (Å²) in [5.41, 5.74) is 0. The number of alkyl halides is 1. The minimum Gasteiger partial charge on any atom is -0.327 e. The summed E-state index contributed by atoms with van der Waals surface area (Å²) in [5.74, 6) is 0. The first-order chi connectivity index (χ1) is 4.68. The molecule has 0 aromatic carbocycles. The van der Waals surface area contributed by atoms with Crippen LogP contribution in [0, 0.1) is 0 Å². The third kappa shape index (κ3) is 5.07. The van der Waals surface area contributed by atoms with E-state index in [2.05, 4.69) is 39.4 Å². The Morgan fingerprint density at radius 3 is 1.10 bits per heavy atom. The fourth-order valence-electron chi connectivity index (χ4n) is 0.671. The van der Waals surface area contributed by atoms with Crippen LogP contribution >= 0.6 is 11.6 Å². The summed E-state index contributed by atoms with van der Waals surface area (Å²) in [6, 6.07) is 0. The number of hydrogen-bond acceptors (Lipinski definition) is 0. The van der Waals surface area contributed by atoms with Crippen LogP contribution in [-0.4, -0.2) is 37.5 Å². The Morgan fingerprint density at radius 1 is 0.900 bits per heavy atom. The lowest BCUT2D eigenvalue weighted by atomic mass is 10.4. The summed E-state index contributed by atoms with van der Waals surface area (Å²) in [7, 11) is 2.29. The third-order valence-corrected chi connectivity index (χ3v) is 2.29. The van der Waals surface area contributed by atoms with Crippen molar-refractivity contribution in [3.63, 3.8) is 0 Å². The van der Waals surface area contributed by atoms with Crippen LogP contribution in [0.3, 0.4) is 0 Å². The van der Waals surface area contributed by atoms with Gasteiger partial charge in [0, 0.05) is 6.38 Å². The SMILES string of the molecule is CC[N+](C)(CC)CC.CCl. The Balaban J connectivity index is 0. The van der Waals surface area contributed by atoms with Crippen molar-refractivity contribution in [1.29, 1.82) is 0 Å². The van der Waals surface area contributed by atoms with Gasteiger partial charge in [0.1, 0.15) is 0 Å². The normalized spacial score (nSPS) is 10.2. The van der Waals surface area contributed by atoms with Gasteiger partial charge in [-0.25, -0.2) is 0 Å². The predicted molar refractivity (Wildman–Crippen MR) is 49.6 cm³/mol. The molecular weight excluding hydrogens is 146 g/mol. The number of rotatable bonds is 3. The average Bonchev–Trinajstić information content (AvgIpc) is 2.07. The van der Waals surface area contributed by atoms with Crippen LogP contribution in [0.25, 0.3) is 0 Å². The molecule has 0 saturated heterocycles. The van der Waals surface area contributed by atoms with E-state index in [0.29, 0.717) is 0 Å². The standard InChI is InChI=1S/C7H18N.CH3Cl/c1-5-8(4,6-2)7-3;1-2/h5-7H2,1-4H3;1H3/q+1;. The molecule has 0 aliphatic heterocycles. The van der Waals surface area contributed by atoms with Gasteiger partial charge in [-0.2, -0.15) is 0 Å². The van der Waals surface area contributed by atoms with E-state index in [9.17, 15) is 0 Å². The molecule has 1 nitrogen and oxygen atoms in total. The van der Waals surface area contributed by atoms with E-state index in [1.165, 1.54) is 30.5 Å². The summed E-state index contributed by atoms with van der Waals surface area (Å²) >= 11 is 4.64. The van der Waals surface area contributed by atoms with Crippen molar-refractivity contribution in [3.8, 4) is 0 Å². The fraction of sp³-hybridized carbons (Fsp3) is 1.00. The second-order valence-corrected chi connectivity index (χ2v) is 2.57. The molecule has 0 unspecified atom stereocenters. The van der Waals surface area contributed by atoms with Crippen molar-refractivity contribution in [3.05, 3.63) is 0 Å². The van der Waals surface area contributed by atoms with Gasteiger partial charge < -0.3 is 4.48 Å². The Hall–Kier alpha value is 0.250. The maximum absolute atomic E-state index is 4.64. The van der Waals surface area contributed by atoms with Crippen LogP contribution in [0.5, 0.6) is 0 Å². The summed E-state index contributed by atoms with van der Waals surface area (Å²) in [6.45, 7) is 10.5. The Morgan fingerprint density at radius 2 is 1.10 bits per heavy atom. The summed E-state index contributed by atoms with van der Waals surface area (Å²) < 4.78 is 1.21. The van der Waals surface area contributed by atoms with Gasteiger partial charge in [0.2, 0.25) is 0 Å². The summed E-state index contributed by atoms with van der Waals surface area (Å²) in [4.78, 5) is 0. The minimum atomic E-state index is 1.21. The lowest BCUT2D eigenvalue weighted by Crippen LogP contribution is -2.42.